The minimum absolute atomic E-state index is 0.0280. The predicted octanol–water partition coefficient (Wildman–Crippen LogP) is 1.60. The number of nitrogens with one attached hydrogen (secondary N) is 1. The number of fused-ring (bicyclic) bond motifs is 2. The summed E-state index contributed by atoms with van der Waals surface area (Å²) >= 11 is 0. The molecule has 118 valence electrons. The predicted molar refractivity (Wildman–Crippen MR) is 80.5 cm³/mol. The van der Waals surface area contributed by atoms with Gasteiger partial charge in [0.2, 0.25) is 5.91 Å². The molecule has 1 heterocycles. The number of aliphatic hydroxyl groups excluding tert-OH is 1. The van der Waals surface area contributed by atoms with Gasteiger partial charge in [0, 0.05) is 23.5 Å². The van der Waals surface area contributed by atoms with Gasteiger partial charge in [-0.3, -0.25) is 4.79 Å². The molecule has 0 spiro atoms. The van der Waals surface area contributed by atoms with E-state index < -0.39 is 6.10 Å². The molecule has 0 saturated carbocycles. The Morgan fingerprint density at radius 2 is 2.18 bits per heavy atom. The molecule has 2 aliphatic carbocycles. The summed E-state index contributed by atoms with van der Waals surface area (Å²) in [5.41, 5.74) is 2.31. The molecule has 0 saturated heterocycles. The number of hydrogen-bond acceptors (Lipinski definition) is 4. The smallest absolute Gasteiger partial charge is 0.339 e. The van der Waals surface area contributed by atoms with Crippen molar-refractivity contribution < 1.29 is 19.4 Å². The van der Waals surface area contributed by atoms with Gasteiger partial charge in [-0.1, -0.05) is 19.9 Å². The second-order valence-corrected chi connectivity index (χ2v) is 6.72. The van der Waals surface area contributed by atoms with Crippen LogP contribution in [0.25, 0.3) is 0 Å². The summed E-state index contributed by atoms with van der Waals surface area (Å²) in [5, 5.41) is 13.2. The number of amides is 1. The summed E-state index contributed by atoms with van der Waals surface area (Å²) < 4.78 is 5.29. The Kier molecular flexibility index (Phi) is 3.29. The first-order valence-corrected chi connectivity index (χ1v) is 7.55. The number of esters is 1. The number of carbonyl (C=O) groups is 2. The van der Waals surface area contributed by atoms with Crippen LogP contribution in [0.1, 0.15) is 34.1 Å². The maximum Gasteiger partial charge on any atom is 0.339 e. The van der Waals surface area contributed by atoms with Gasteiger partial charge in [0.05, 0.1) is 12.1 Å². The van der Waals surface area contributed by atoms with Crippen LogP contribution in [0.3, 0.4) is 0 Å². The normalized spacial score (nSPS) is 37.0. The monoisotopic (exact) mass is 303 g/mol. The average Bonchev–Trinajstić information content (AvgIpc) is 2.69. The Morgan fingerprint density at radius 1 is 1.50 bits per heavy atom. The molecule has 0 aromatic rings. The second-order valence-electron chi connectivity index (χ2n) is 6.72. The molecule has 22 heavy (non-hydrogen) atoms. The Labute approximate surface area is 129 Å². The van der Waals surface area contributed by atoms with E-state index in [1.807, 2.05) is 13.0 Å². The van der Waals surface area contributed by atoms with Crippen molar-refractivity contribution in [2.24, 2.45) is 11.3 Å². The van der Waals surface area contributed by atoms with Crippen LogP contribution in [0, 0.1) is 11.3 Å². The summed E-state index contributed by atoms with van der Waals surface area (Å²) in [6.07, 6.45) is 3.55. The fourth-order valence-electron chi connectivity index (χ4n) is 3.74. The van der Waals surface area contributed by atoms with Crippen molar-refractivity contribution in [3.63, 3.8) is 0 Å². The maximum atomic E-state index is 11.8. The van der Waals surface area contributed by atoms with Crippen molar-refractivity contribution >= 4 is 11.9 Å². The topological polar surface area (TPSA) is 75.6 Å². The zero-order valence-electron chi connectivity index (χ0n) is 13.3. The van der Waals surface area contributed by atoms with Crippen molar-refractivity contribution in [1.82, 2.24) is 5.32 Å². The molecule has 0 aromatic carbocycles. The molecule has 0 fully saturated rings. The fraction of sp³-hybridized carbons (Fsp3) is 0.529. The van der Waals surface area contributed by atoms with Gasteiger partial charge in [0.1, 0.15) is 5.76 Å². The summed E-state index contributed by atoms with van der Waals surface area (Å²) in [5.74, 6) is 0.178. The molecule has 0 unspecified atom stereocenters. The van der Waals surface area contributed by atoms with Crippen molar-refractivity contribution in [2.45, 2.75) is 46.3 Å². The number of ether oxygens (including phenoxy) is 1. The van der Waals surface area contributed by atoms with Crippen LogP contribution in [-0.2, 0) is 14.3 Å². The fourth-order valence-corrected chi connectivity index (χ4v) is 3.74. The van der Waals surface area contributed by atoms with Crippen molar-refractivity contribution in [3.05, 3.63) is 34.6 Å². The van der Waals surface area contributed by atoms with Crippen LogP contribution in [-0.4, -0.2) is 29.1 Å². The third kappa shape index (κ3) is 2.03. The van der Waals surface area contributed by atoms with Crippen LogP contribution >= 0.6 is 0 Å². The molecule has 2 N–H and O–H groups in total. The van der Waals surface area contributed by atoms with Crippen LogP contribution < -0.4 is 5.32 Å². The molecular weight excluding hydrogens is 282 g/mol. The number of allylic oxidation sites excluding steroid dienone is 3. The van der Waals surface area contributed by atoms with Gasteiger partial charge < -0.3 is 15.2 Å². The molecule has 0 aromatic heterocycles. The van der Waals surface area contributed by atoms with E-state index in [0.29, 0.717) is 17.8 Å². The quantitative estimate of drug-likeness (QED) is 0.721. The van der Waals surface area contributed by atoms with Crippen molar-refractivity contribution in [1.29, 1.82) is 0 Å². The highest BCUT2D eigenvalue weighted by atomic mass is 16.5. The van der Waals surface area contributed by atoms with Crippen LogP contribution in [0.2, 0.25) is 0 Å². The lowest BCUT2D eigenvalue weighted by atomic mass is 9.59. The zero-order chi connectivity index (χ0) is 16.2. The van der Waals surface area contributed by atoms with E-state index in [9.17, 15) is 14.7 Å². The lowest BCUT2D eigenvalue weighted by molar-refractivity contribution is -0.133. The number of carbonyl (C=O) groups excluding carboxylic acids is 2. The minimum Gasteiger partial charge on any atom is -0.423 e. The molecule has 0 bridgehead atoms. The maximum absolute atomic E-state index is 11.8. The molecule has 4 atom stereocenters. The Balaban J connectivity index is 2.06. The van der Waals surface area contributed by atoms with E-state index in [1.165, 1.54) is 6.92 Å². The molecule has 1 amide bonds. The van der Waals surface area contributed by atoms with Gasteiger partial charge in [-0.25, -0.2) is 4.79 Å². The summed E-state index contributed by atoms with van der Waals surface area (Å²) in [7, 11) is 0. The molecule has 5 nitrogen and oxygen atoms in total. The molecular formula is C17H21NO4. The highest BCUT2D eigenvalue weighted by Crippen LogP contribution is 2.53. The molecule has 1 aliphatic heterocycles. The Bertz CT molecular complexity index is 658. The van der Waals surface area contributed by atoms with Gasteiger partial charge in [-0.05, 0) is 30.9 Å². The lowest BCUT2D eigenvalue weighted by Crippen LogP contribution is -2.54. The first kappa shape index (κ1) is 15.0. The average molecular weight is 303 g/mol. The third-order valence-corrected chi connectivity index (χ3v) is 5.38. The minimum atomic E-state index is -0.748. The first-order chi connectivity index (χ1) is 10.2. The number of rotatable bonds is 1. The second kappa shape index (κ2) is 4.81. The largest absolute Gasteiger partial charge is 0.423 e. The molecule has 0 radical (unpaired) electrons. The highest BCUT2D eigenvalue weighted by molar-refractivity contribution is 5.94. The number of hydrogen-bond donors (Lipinski definition) is 2. The summed E-state index contributed by atoms with van der Waals surface area (Å²) in [4.78, 5) is 23.2. The van der Waals surface area contributed by atoms with Gasteiger partial charge in [0.25, 0.3) is 0 Å². The van der Waals surface area contributed by atoms with E-state index in [4.69, 9.17) is 4.74 Å². The van der Waals surface area contributed by atoms with E-state index in [-0.39, 0.29) is 29.3 Å². The van der Waals surface area contributed by atoms with Gasteiger partial charge in [-0.15, -0.1) is 0 Å². The van der Waals surface area contributed by atoms with E-state index >= 15 is 0 Å². The third-order valence-electron chi connectivity index (χ3n) is 5.38. The number of aliphatic hydroxyl groups is 1. The van der Waals surface area contributed by atoms with Crippen molar-refractivity contribution in [3.8, 4) is 0 Å². The molecule has 3 rings (SSSR count). The van der Waals surface area contributed by atoms with Crippen LogP contribution in [0.15, 0.2) is 34.6 Å². The Morgan fingerprint density at radius 3 is 2.82 bits per heavy atom. The SMILES string of the molecule is CC(=O)N[C@H]1[C@H](O)C=C2C=C3OC(=O)C(C)=C3C[C@]2(C)[C@H]1C. The lowest BCUT2D eigenvalue weighted by Gasteiger charge is -2.48. The van der Waals surface area contributed by atoms with Crippen LogP contribution in [0.5, 0.6) is 0 Å². The molecule has 5 heteroatoms. The Hall–Kier alpha value is -1.88. The van der Waals surface area contributed by atoms with Gasteiger partial charge in [0.15, 0.2) is 0 Å². The van der Waals surface area contributed by atoms with E-state index in [2.05, 4.69) is 12.2 Å². The van der Waals surface area contributed by atoms with Gasteiger partial charge >= 0.3 is 5.97 Å². The standard InChI is InChI=1S/C17H21NO4/c1-8-12-7-17(4)9(2)15(18-10(3)19)13(20)5-11(17)6-14(12)22-16(8)21/h5-6,9,13,15,20H,7H2,1-4H3,(H,18,19)/t9-,13+,15+,17+/m0/s1. The highest BCUT2D eigenvalue weighted by Gasteiger charge is 2.49. The summed E-state index contributed by atoms with van der Waals surface area (Å²) in [6, 6.07) is -0.333. The van der Waals surface area contributed by atoms with Crippen LogP contribution in [0.4, 0.5) is 0 Å². The molecule has 3 aliphatic rings. The first-order valence-electron chi connectivity index (χ1n) is 7.55. The van der Waals surface area contributed by atoms with Crippen molar-refractivity contribution in [2.75, 3.05) is 0 Å². The summed E-state index contributed by atoms with van der Waals surface area (Å²) in [6.45, 7) is 7.38. The zero-order valence-corrected chi connectivity index (χ0v) is 13.3. The van der Waals surface area contributed by atoms with E-state index in [1.54, 1.807) is 13.0 Å². The van der Waals surface area contributed by atoms with E-state index in [0.717, 1.165) is 11.1 Å². The van der Waals surface area contributed by atoms with Gasteiger partial charge in [-0.2, -0.15) is 0 Å².